The predicted octanol–water partition coefficient (Wildman–Crippen LogP) is 5.68. The normalized spacial score (nSPS) is 23.9. The highest BCUT2D eigenvalue weighted by Gasteiger charge is 2.41. The lowest BCUT2D eigenvalue weighted by atomic mass is 9.99. The summed E-state index contributed by atoms with van der Waals surface area (Å²) < 4.78 is 12.4. The number of amides is 1. The third-order valence-electron chi connectivity index (χ3n) is 8.55. The number of ether oxygens (including phenoxy) is 2. The Balaban J connectivity index is 1.23. The number of carbonyl (C=O) groups is 1. The number of piperazine rings is 1. The summed E-state index contributed by atoms with van der Waals surface area (Å²) >= 11 is 3.84. The van der Waals surface area contributed by atoms with Gasteiger partial charge in [-0.1, -0.05) is 0 Å². The number of anilines is 2. The number of rotatable bonds is 4. The first-order valence-electron chi connectivity index (χ1n) is 14.4. The van der Waals surface area contributed by atoms with E-state index in [-0.39, 0.29) is 24.3 Å². The van der Waals surface area contributed by atoms with E-state index >= 15 is 0 Å². The van der Waals surface area contributed by atoms with Crippen LogP contribution in [0.1, 0.15) is 50.4 Å². The lowest BCUT2D eigenvalue weighted by Crippen LogP contribution is -2.51. The Morgan fingerprint density at radius 1 is 1.17 bits per heavy atom. The molecule has 1 N–H and O–H groups in total. The highest BCUT2D eigenvalue weighted by Crippen LogP contribution is 2.44. The van der Waals surface area contributed by atoms with Crippen molar-refractivity contribution in [1.29, 1.82) is 5.26 Å². The number of benzene rings is 2. The van der Waals surface area contributed by atoms with Crippen LogP contribution in [0, 0.1) is 11.3 Å². The number of halogens is 1. The molecule has 10 heteroatoms. The van der Waals surface area contributed by atoms with Crippen LogP contribution in [0.5, 0.6) is 0 Å². The number of nitriles is 1. The maximum Gasteiger partial charge on any atom is 0.410 e. The van der Waals surface area contributed by atoms with Crippen LogP contribution in [0.3, 0.4) is 0 Å². The van der Waals surface area contributed by atoms with Gasteiger partial charge in [0.1, 0.15) is 11.7 Å². The fourth-order valence-corrected chi connectivity index (χ4v) is 7.07. The molecule has 9 nitrogen and oxygen atoms in total. The van der Waals surface area contributed by atoms with Crippen LogP contribution >= 0.6 is 15.9 Å². The van der Waals surface area contributed by atoms with Crippen LogP contribution < -0.4 is 10.2 Å². The molecule has 3 aliphatic rings. The van der Waals surface area contributed by atoms with Gasteiger partial charge in [-0.3, -0.25) is 9.88 Å². The molecule has 0 unspecified atom stereocenters. The van der Waals surface area contributed by atoms with Gasteiger partial charge in [-0.25, -0.2) is 4.79 Å². The molecule has 0 bridgehead atoms. The van der Waals surface area contributed by atoms with Crippen molar-refractivity contribution in [2.24, 2.45) is 0 Å². The van der Waals surface area contributed by atoms with Gasteiger partial charge in [0, 0.05) is 66.8 Å². The molecule has 0 spiro atoms. The van der Waals surface area contributed by atoms with Crippen molar-refractivity contribution in [1.82, 2.24) is 14.8 Å². The fourth-order valence-electron chi connectivity index (χ4n) is 6.60. The number of carbonyl (C=O) groups excluding carboxylic acids is 1. The van der Waals surface area contributed by atoms with Gasteiger partial charge >= 0.3 is 6.09 Å². The van der Waals surface area contributed by atoms with Gasteiger partial charge in [-0.15, -0.1) is 0 Å². The average Bonchev–Trinajstić information content (AvgIpc) is 3.53. The number of methoxy groups -OCH3 is 1. The Labute approximate surface area is 255 Å². The highest BCUT2D eigenvalue weighted by atomic mass is 79.9. The smallest absolute Gasteiger partial charge is 0.410 e. The molecule has 4 atom stereocenters. The maximum atomic E-state index is 12.7. The number of nitrogens with one attached hydrogen (secondary N) is 1. The lowest BCUT2D eigenvalue weighted by molar-refractivity contribution is 0.0252. The zero-order chi connectivity index (χ0) is 29.8. The van der Waals surface area contributed by atoms with E-state index in [1.165, 1.54) is 11.1 Å². The van der Waals surface area contributed by atoms with E-state index in [9.17, 15) is 10.1 Å². The summed E-state index contributed by atoms with van der Waals surface area (Å²) in [6.45, 7) is 11.5. The molecule has 0 aliphatic carbocycles. The van der Waals surface area contributed by atoms with E-state index in [1.54, 1.807) is 18.2 Å². The van der Waals surface area contributed by atoms with Crippen LogP contribution in [-0.2, 0) is 16.0 Å². The molecule has 4 heterocycles. The van der Waals surface area contributed by atoms with Gasteiger partial charge < -0.3 is 24.6 Å². The second-order valence-electron chi connectivity index (χ2n) is 12.5. The minimum absolute atomic E-state index is 0.0615. The topological polar surface area (TPSA) is 94.0 Å². The second kappa shape index (κ2) is 11.0. The third kappa shape index (κ3) is 5.30. The zero-order valence-electron chi connectivity index (χ0n) is 24.7. The molecule has 2 fully saturated rings. The van der Waals surface area contributed by atoms with Crippen molar-refractivity contribution in [2.75, 3.05) is 43.5 Å². The Bertz CT molecular complexity index is 1570. The summed E-state index contributed by atoms with van der Waals surface area (Å²) in [5.41, 5.74) is 5.56. The van der Waals surface area contributed by atoms with Gasteiger partial charge in [0.05, 0.1) is 35.8 Å². The number of pyridine rings is 1. The Morgan fingerprint density at radius 3 is 2.71 bits per heavy atom. The summed E-state index contributed by atoms with van der Waals surface area (Å²) in [5, 5.41) is 14.3. The van der Waals surface area contributed by atoms with Crippen LogP contribution in [0.2, 0.25) is 0 Å². The standard InChI is InChI=1S/C32H37BrN6O3/c1-19-14-37(27-9-8-20(13-34)30-22(27)7-6-10-35-30)17-28-23-12-24(33)25(11-21(23)15-39(19)28)36-26-16-38(18-29(26)41-5)31(40)42-32(2,3)4/h6-12,19,26,28-29,36H,14-18H2,1-5H3/t19-,26-,28-,29-/m1/s1. The SMILES string of the molecule is CO[C@@H]1CN(C(=O)OC(C)(C)C)C[C@H]1Nc1cc2c(cc1Br)[C@H]1CN(c3ccc(C#N)c4ncccc34)C[C@@H](C)N1C2. The zero-order valence-corrected chi connectivity index (χ0v) is 26.3. The van der Waals surface area contributed by atoms with Crippen molar-refractivity contribution in [3.63, 3.8) is 0 Å². The first kappa shape index (κ1) is 28.7. The van der Waals surface area contributed by atoms with Gasteiger partial charge in [0.15, 0.2) is 0 Å². The van der Waals surface area contributed by atoms with E-state index in [2.05, 4.69) is 73.3 Å². The Hall–Kier alpha value is -3.39. The largest absolute Gasteiger partial charge is 0.444 e. The Morgan fingerprint density at radius 2 is 1.98 bits per heavy atom. The van der Waals surface area contributed by atoms with Crippen LogP contribution in [0.15, 0.2) is 47.1 Å². The van der Waals surface area contributed by atoms with Crippen molar-refractivity contribution in [2.45, 2.75) is 64.1 Å². The molecule has 2 saturated heterocycles. The molecule has 1 amide bonds. The number of aromatic nitrogens is 1. The summed E-state index contributed by atoms with van der Waals surface area (Å²) in [4.78, 5) is 24.0. The summed E-state index contributed by atoms with van der Waals surface area (Å²) in [7, 11) is 1.69. The van der Waals surface area contributed by atoms with Gasteiger partial charge in [0.25, 0.3) is 0 Å². The molecule has 220 valence electrons. The van der Waals surface area contributed by atoms with Crippen molar-refractivity contribution < 1.29 is 14.3 Å². The molecule has 1 aromatic heterocycles. The van der Waals surface area contributed by atoms with E-state index in [0.29, 0.717) is 24.7 Å². The maximum absolute atomic E-state index is 12.7. The molecule has 2 aromatic carbocycles. The predicted molar refractivity (Wildman–Crippen MR) is 167 cm³/mol. The van der Waals surface area contributed by atoms with Crippen LogP contribution in [-0.4, -0.2) is 78.0 Å². The minimum atomic E-state index is -0.545. The van der Waals surface area contributed by atoms with Gasteiger partial charge in [-0.05, 0) is 91.1 Å². The van der Waals surface area contributed by atoms with Crippen molar-refractivity contribution in [3.8, 4) is 6.07 Å². The van der Waals surface area contributed by atoms with Crippen molar-refractivity contribution in [3.05, 3.63) is 63.8 Å². The highest BCUT2D eigenvalue weighted by molar-refractivity contribution is 9.10. The lowest BCUT2D eigenvalue weighted by Gasteiger charge is -2.44. The number of hydrogen-bond acceptors (Lipinski definition) is 8. The van der Waals surface area contributed by atoms with Crippen molar-refractivity contribution >= 4 is 44.3 Å². The van der Waals surface area contributed by atoms with Gasteiger partial charge in [-0.2, -0.15) is 5.26 Å². The molecule has 0 saturated carbocycles. The number of nitrogens with zero attached hydrogens (tertiary/aromatic N) is 5. The first-order chi connectivity index (χ1) is 20.1. The van der Waals surface area contributed by atoms with E-state index in [4.69, 9.17) is 9.47 Å². The average molecular weight is 634 g/mol. The van der Waals surface area contributed by atoms with E-state index in [1.807, 2.05) is 32.9 Å². The molecular weight excluding hydrogens is 596 g/mol. The quantitative estimate of drug-likeness (QED) is 0.393. The van der Waals surface area contributed by atoms with E-state index < -0.39 is 5.60 Å². The third-order valence-corrected chi connectivity index (χ3v) is 9.21. The van der Waals surface area contributed by atoms with Crippen LogP contribution in [0.25, 0.3) is 10.9 Å². The summed E-state index contributed by atoms with van der Waals surface area (Å²) in [5.74, 6) is 0. The minimum Gasteiger partial charge on any atom is -0.444 e. The molecule has 3 aromatic rings. The number of hydrogen-bond donors (Lipinski definition) is 1. The second-order valence-corrected chi connectivity index (χ2v) is 13.4. The molecule has 3 aliphatic heterocycles. The van der Waals surface area contributed by atoms with E-state index in [0.717, 1.165) is 46.4 Å². The summed E-state index contributed by atoms with van der Waals surface area (Å²) in [6, 6.07) is 15.3. The van der Waals surface area contributed by atoms with Crippen LogP contribution in [0.4, 0.5) is 16.2 Å². The summed E-state index contributed by atoms with van der Waals surface area (Å²) in [6.07, 6.45) is 1.29. The number of likely N-dealkylation sites (tertiary alicyclic amines) is 1. The number of fused-ring (bicyclic) bond motifs is 4. The fraction of sp³-hybridized carbons (Fsp3) is 0.469. The van der Waals surface area contributed by atoms with Gasteiger partial charge in [0.2, 0.25) is 0 Å². The Kier molecular flexibility index (Phi) is 7.54. The molecule has 0 radical (unpaired) electrons. The molecule has 42 heavy (non-hydrogen) atoms. The molecule has 6 rings (SSSR count). The monoisotopic (exact) mass is 632 g/mol. The molecular formula is C32H37BrN6O3. The first-order valence-corrected chi connectivity index (χ1v) is 15.2.